The van der Waals surface area contributed by atoms with Gasteiger partial charge < -0.3 is 34.3 Å². The second kappa shape index (κ2) is 13.1. The van der Waals surface area contributed by atoms with E-state index in [0.29, 0.717) is 0 Å². The zero-order chi connectivity index (χ0) is 8.78. The van der Waals surface area contributed by atoms with Crippen molar-refractivity contribution < 1.29 is 34.3 Å². The summed E-state index contributed by atoms with van der Waals surface area (Å²) in [4.78, 5) is 34.7. The number of carboxylic acid groups (broad SMARTS) is 1. The molecule has 62 valence electrons. The fourth-order valence-electron chi connectivity index (χ4n) is 0. The molecular formula is C2H3Ca2O7P. The second-order valence-electron chi connectivity index (χ2n) is 0.977. The molecule has 0 aromatic carbocycles. The molecule has 0 saturated carbocycles. The van der Waals surface area contributed by atoms with Crippen LogP contribution in [0, 0.1) is 0 Å². The van der Waals surface area contributed by atoms with E-state index in [9.17, 15) is 0 Å². The van der Waals surface area contributed by atoms with Crippen LogP contribution in [0.3, 0.4) is 0 Å². The maximum absolute atomic E-state index is 9.01. The van der Waals surface area contributed by atoms with E-state index in [1.807, 2.05) is 0 Å². The van der Waals surface area contributed by atoms with Crippen molar-refractivity contribution in [3.05, 3.63) is 0 Å². The van der Waals surface area contributed by atoms with Gasteiger partial charge in [0.15, 0.2) is 0 Å². The molecule has 7 nitrogen and oxygen atoms in total. The molecule has 0 atom stereocenters. The molecule has 0 aromatic rings. The second-order valence-corrected chi connectivity index (χ2v) is 1.87. The van der Waals surface area contributed by atoms with E-state index in [1.165, 1.54) is 0 Å². The molecule has 0 fully saturated rings. The molecule has 0 bridgehead atoms. The van der Waals surface area contributed by atoms with Gasteiger partial charge in [-0.15, -0.1) is 0 Å². The number of carbonyl (C=O) groups is 1. The van der Waals surface area contributed by atoms with Gasteiger partial charge in [0.2, 0.25) is 0 Å². The maximum Gasteiger partial charge on any atom is 2.00 e. The van der Waals surface area contributed by atoms with Crippen LogP contribution in [0.2, 0.25) is 0 Å². The predicted octanol–water partition coefficient (Wildman–Crippen LogP) is -5.86. The van der Waals surface area contributed by atoms with Crippen molar-refractivity contribution in [1.29, 1.82) is 0 Å². The Bertz CT molecular complexity index is 134. The first-order chi connectivity index (χ1) is 4.27. The summed E-state index contributed by atoms with van der Waals surface area (Å²) in [5.74, 6) is -1.44. The third-order valence-corrected chi connectivity index (χ3v) is 0.129. The first-order valence-corrected chi connectivity index (χ1v) is 3.27. The normalized spacial score (nSPS) is 8.00. The van der Waals surface area contributed by atoms with Gasteiger partial charge in [-0.2, -0.15) is 7.82 Å². The molecule has 0 rings (SSSR count). The largest absolute Gasteiger partial charge is 2.00 e. The van der Waals surface area contributed by atoms with Crippen molar-refractivity contribution in [2.24, 2.45) is 0 Å². The molecule has 0 spiro atoms. The summed E-state index contributed by atoms with van der Waals surface area (Å²) in [6.45, 7) is -0.889. The number of aliphatic hydroxyl groups is 1. The standard InChI is InChI=1S/C2H4O3.2Ca.H3O4P/c3-1-2(4)5;;;1-5(2,3)4/h3H,1H2,(H,4,5);;;(H3,1,2,3,4)/q;2*+2;/p-4. The summed E-state index contributed by atoms with van der Waals surface area (Å²) in [6.07, 6.45) is 0. The van der Waals surface area contributed by atoms with Gasteiger partial charge >= 0.3 is 75.5 Å². The molecule has 0 unspecified atom stereocenters. The van der Waals surface area contributed by atoms with Crippen LogP contribution in [-0.2, 0) is 9.36 Å². The van der Waals surface area contributed by atoms with E-state index in [4.69, 9.17) is 34.3 Å². The zero-order valence-corrected chi connectivity index (χ0v) is 11.3. The number of aliphatic carboxylic acids is 1. The molecule has 12 heavy (non-hydrogen) atoms. The van der Waals surface area contributed by atoms with E-state index >= 15 is 0 Å². The summed E-state index contributed by atoms with van der Waals surface area (Å²) in [5, 5.41) is 16.5. The van der Waals surface area contributed by atoms with Crippen molar-refractivity contribution in [1.82, 2.24) is 0 Å². The fraction of sp³-hybridized carbons (Fsp3) is 0.500. The molecule has 0 radical (unpaired) electrons. The average Bonchev–Trinajstić information content (AvgIpc) is 1.61. The van der Waals surface area contributed by atoms with Gasteiger partial charge in [0, 0.05) is 0 Å². The van der Waals surface area contributed by atoms with E-state index in [2.05, 4.69) is 0 Å². The molecule has 1 N–H and O–H groups in total. The van der Waals surface area contributed by atoms with E-state index in [1.54, 1.807) is 0 Å². The van der Waals surface area contributed by atoms with Gasteiger partial charge in [0.05, 0.1) is 12.6 Å². The van der Waals surface area contributed by atoms with Gasteiger partial charge in [-0.25, -0.2) is 0 Å². The summed E-state index contributed by atoms with van der Waals surface area (Å²) >= 11 is 0. The molecule has 0 aliphatic rings. The average molecular weight is 250 g/mol. The van der Waals surface area contributed by atoms with Gasteiger partial charge in [-0.05, 0) is 0 Å². The van der Waals surface area contributed by atoms with Gasteiger partial charge in [0.25, 0.3) is 0 Å². The summed E-state index contributed by atoms with van der Waals surface area (Å²) in [6, 6.07) is 0. The molecule has 0 aliphatic heterocycles. The van der Waals surface area contributed by atoms with Crippen LogP contribution in [0.5, 0.6) is 0 Å². The molecule has 0 saturated heterocycles. The van der Waals surface area contributed by atoms with Crippen molar-refractivity contribution in [3.8, 4) is 0 Å². The van der Waals surface area contributed by atoms with Gasteiger partial charge in [-0.3, -0.25) is 0 Å². The number of hydrogen-bond acceptors (Lipinski definition) is 7. The fourth-order valence-corrected chi connectivity index (χ4v) is 0. The Balaban J connectivity index is -0.0000000457. The quantitative estimate of drug-likeness (QED) is 0.360. The minimum absolute atomic E-state index is 0. The SMILES string of the molecule is O=C([O-])CO.O=P([O-])([O-])[O-].[Ca+2].[Ca+2]. The van der Waals surface area contributed by atoms with Crippen LogP contribution in [-0.4, -0.2) is 93.2 Å². The minimum atomic E-state index is -5.39. The zero-order valence-electron chi connectivity index (χ0n) is 5.97. The number of carbonyl (C=O) groups excluding carboxylic acids is 1. The summed E-state index contributed by atoms with van der Waals surface area (Å²) < 4.78 is 8.55. The molecule has 0 aliphatic carbocycles. The number of aliphatic hydroxyl groups excluding tert-OH is 1. The van der Waals surface area contributed by atoms with Crippen LogP contribution in [0.4, 0.5) is 0 Å². The van der Waals surface area contributed by atoms with Crippen LogP contribution < -0.4 is 19.8 Å². The number of rotatable bonds is 1. The predicted molar refractivity (Wildman–Crippen MR) is 31.2 cm³/mol. The molecule has 0 aromatic heterocycles. The van der Waals surface area contributed by atoms with Crippen molar-refractivity contribution in [2.75, 3.05) is 6.61 Å². The van der Waals surface area contributed by atoms with Gasteiger partial charge in [-0.1, -0.05) is 0 Å². The third-order valence-electron chi connectivity index (χ3n) is 0.129. The van der Waals surface area contributed by atoms with Gasteiger partial charge in [0.1, 0.15) is 0 Å². The minimum Gasteiger partial charge on any atom is -0.822 e. The Morgan fingerprint density at radius 3 is 1.33 bits per heavy atom. The first-order valence-electron chi connectivity index (χ1n) is 1.81. The Labute approximate surface area is 128 Å². The molecule has 0 amide bonds. The van der Waals surface area contributed by atoms with E-state index < -0.39 is 20.4 Å². The summed E-state index contributed by atoms with van der Waals surface area (Å²) in [5.41, 5.74) is 0. The molecule has 0 heterocycles. The Morgan fingerprint density at radius 2 is 1.33 bits per heavy atom. The third kappa shape index (κ3) is 89.5. The molecule has 10 heteroatoms. The Morgan fingerprint density at radius 1 is 1.25 bits per heavy atom. The topological polar surface area (TPSA) is 147 Å². The number of hydrogen-bond donors (Lipinski definition) is 1. The van der Waals surface area contributed by atoms with Crippen molar-refractivity contribution in [2.45, 2.75) is 0 Å². The smallest absolute Gasteiger partial charge is 0.822 e. The van der Waals surface area contributed by atoms with E-state index in [-0.39, 0.29) is 75.5 Å². The number of carboxylic acids is 1. The Hall–Kier alpha value is 2.06. The maximum atomic E-state index is 9.01. The van der Waals surface area contributed by atoms with E-state index in [0.717, 1.165) is 0 Å². The molecular weight excluding hydrogens is 247 g/mol. The monoisotopic (exact) mass is 250 g/mol. The van der Waals surface area contributed by atoms with Crippen LogP contribution in [0.25, 0.3) is 0 Å². The van der Waals surface area contributed by atoms with Crippen LogP contribution >= 0.6 is 7.82 Å². The number of phosphoric acid groups is 1. The van der Waals surface area contributed by atoms with Crippen molar-refractivity contribution in [3.63, 3.8) is 0 Å². The summed E-state index contributed by atoms with van der Waals surface area (Å²) in [7, 11) is -5.39. The van der Waals surface area contributed by atoms with Crippen molar-refractivity contribution >= 4 is 89.3 Å². The van der Waals surface area contributed by atoms with Crippen LogP contribution in [0.1, 0.15) is 0 Å². The first kappa shape index (κ1) is 23.7. The Kier molecular flexibility index (Phi) is 25.8. The van der Waals surface area contributed by atoms with Crippen LogP contribution in [0.15, 0.2) is 0 Å².